The first kappa shape index (κ1) is 34.5. The van der Waals surface area contributed by atoms with Crippen LogP contribution in [0.15, 0.2) is 11.8 Å². The molecule has 15 heteroatoms. The molecule has 1 saturated heterocycles. The molecule has 0 bridgehead atoms. The molecule has 3 rings (SSSR count). The Hall–Kier alpha value is -1.02. The summed E-state index contributed by atoms with van der Waals surface area (Å²) in [5, 5.41) is 71.8. The van der Waals surface area contributed by atoms with Crippen molar-refractivity contribution in [3.8, 4) is 0 Å². The van der Waals surface area contributed by atoms with E-state index in [1.165, 1.54) is 6.92 Å². The van der Waals surface area contributed by atoms with E-state index in [4.69, 9.17) is 31.4 Å². The van der Waals surface area contributed by atoms with Gasteiger partial charge < -0.3 is 78.0 Å². The standard InChI is InChI=1S/C26H52N6O9/c1-26(38)12-39-25(21(37)24(26)30-2)41-23-18(32-13(10-33)11-34)7-17(29)19(20(23)36)22-16(28)4-3-15(40-22)9-31-8-14(35)5-6-27/h3,13-14,16-25,30-38H,4-12,27-29H2,1-2H3/t14?,16-,17+,18-,19?,20+,21-,22+,23+,24-,25-,26+/m1/s1. The SMILES string of the molecule is CN[C@@H]1[C@@H](O)[C@@H](O[C@H]2[C@H](NC(CO)CO)C[C@H](N)C([C@H]3OC(CNCC(O)CCN)=CC[C@H]3N)[C@@H]2O)OC[C@]1(C)O. The van der Waals surface area contributed by atoms with Gasteiger partial charge in [0.25, 0.3) is 0 Å². The first-order chi connectivity index (χ1) is 19.5. The minimum absolute atomic E-state index is 0.127. The van der Waals surface area contributed by atoms with Crippen molar-refractivity contribution in [3.05, 3.63) is 11.8 Å². The second-order valence-electron chi connectivity index (χ2n) is 11.7. The summed E-state index contributed by atoms with van der Waals surface area (Å²) in [5.74, 6) is -0.0651. The van der Waals surface area contributed by atoms with E-state index in [0.717, 1.165) is 0 Å². The number of hydrogen-bond donors (Lipinski definition) is 12. The third-order valence-electron chi connectivity index (χ3n) is 8.36. The van der Waals surface area contributed by atoms with Crippen LogP contribution in [-0.2, 0) is 14.2 Å². The average molecular weight is 593 g/mol. The fraction of sp³-hybridized carbons (Fsp3) is 0.923. The van der Waals surface area contributed by atoms with Crippen molar-refractivity contribution in [1.29, 1.82) is 0 Å². The van der Waals surface area contributed by atoms with E-state index in [2.05, 4.69) is 16.0 Å². The molecule has 0 aromatic rings. The molecule has 2 heterocycles. The Labute approximate surface area is 241 Å². The summed E-state index contributed by atoms with van der Waals surface area (Å²) in [7, 11) is 1.60. The lowest BCUT2D eigenvalue weighted by atomic mass is 9.72. The van der Waals surface area contributed by atoms with Gasteiger partial charge in [0.05, 0.1) is 50.7 Å². The third-order valence-corrected chi connectivity index (χ3v) is 8.36. The number of nitrogens with two attached hydrogens (primary N) is 3. The molecule has 1 aliphatic carbocycles. The van der Waals surface area contributed by atoms with E-state index in [1.54, 1.807) is 7.05 Å². The molecule has 0 spiro atoms. The van der Waals surface area contributed by atoms with E-state index >= 15 is 0 Å². The van der Waals surface area contributed by atoms with E-state index in [0.29, 0.717) is 38.2 Å². The molecular weight excluding hydrogens is 540 g/mol. The van der Waals surface area contributed by atoms with Crippen LogP contribution in [0.2, 0.25) is 0 Å². The quantitative estimate of drug-likeness (QED) is 0.0899. The maximum absolute atomic E-state index is 11.7. The molecule has 15 N–H and O–H groups in total. The lowest BCUT2D eigenvalue weighted by molar-refractivity contribution is -0.298. The van der Waals surface area contributed by atoms with Crippen LogP contribution in [0.1, 0.15) is 26.2 Å². The molecule has 15 nitrogen and oxygen atoms in total. The number of aliphatic hydroxyl groups is 6. The Morgan fingerprint density at radius 3 is 2.51 bits per heavy atom. The summed E-state index contributed by atoms with van der Waals surface area (Å²) in [5.41, 5.74) is 17.2. The first-order valence-corrected chi connectivity index (χ1v) is 14.4. The first-order valence-electron chi connectivity index (χ1n) is 14.4. The zero-order valence-electron chi connectivity index (χ0n) is 24.0. The van der Waals surface area contributed by atoms with Crippen LogP contribution in [0.25, 0.3) is 0 Å². The molecule has 3 aliphatic rings. The molecule has 12 atom stereocenters. The van der Waals surface area contributed by atoms with Gasteiger partial charge in [-0.15, -0.1) is 0 Å². The van der Waals surface area contributed by atoms with Gasteiger partial charge in [0.1, 0.15) is 29.7 Å². The summed E-state index contributed by atoms with van der Waals surface area (Å²) in [6.45, 7) is 1.75. The summed E-state index contributed by atoms with van der Waals surface area (Å²) in [6, 6.07) is -3.17. The van der Waals surface area contributed by atoms with Crippen LogP contribution in [0.5, 0.6) is 0 Å². The van der Waals surface area contributed by atoms with Crippen molar-refractivity contribution < 1.29 is 44.8 Å². The number of ether oxygens (including phenoxy) is 3. The molecule has 41 heavy (non-hydrogen) atoms. The van der Waals surface area contributed by atoms with Crippen molar-refractivity contribution in [3.63, 3.8) is 0 Å². The van der Waals surface area contributed by atoms with Crippen LogP contribution < -0.4 is 33.2 Å². The number of aliphatic hydroxyl groups excluding tert-OH is 5. The van der Waals surface area contributed by atoms with Crippen LogP contribution in [0.4, 0.5) is 0 Å². The Kier molecular flexibility index (Phi) is 13.1. The molecule has 0 radical (unpaired) electrons. The van der Waals surface area contributed by atoms with Gasteiger partial charge in [-0.25, -0.2) is 0 Å². The molecule has 2 aliphatic heterocycles. The third kappa shape index (κ3) is 8.55. The normalized spacial score (nSPS) is 40.7. The number of rotatable bonds is 14. The topological polar surface area (TPSA) is 263 Å². The molecular formula is C26H52N6O9. The van der Waals surface area contributed by atoms with Gasteiger partial charge in [-0.05, 0) is 45.9 Å². The van der Waals surface area contributed by atoms with E-state index < -0.39 is 78.5 Å². The van der Waals surface area contributed by atoms with Crippen LogP contribution in [0.3, 0.4) is 0 Å². The Morgan fingerprint density at radius 1 is 1.17 bits per heavy atom. The van der Waals surface area contributed by atoms with E-state index in [-0.39, 0.29) is 26.2 Å². The van der Waals surface area contributed by atoms with Gasteiger partial charge in [-0.2, -0.15) is 0 Å². The van der Waals surface area contributed by atoms with Crippen LogP contribution in [0, 0.1) is 5.92 Å². The van der Waals surface area contributed by atoms with E-state index in [1.807, 2.05) is 6.08 Å². The number of nitrogens with one attached hydrogen (secondary N) is 3. The van der Waals surface area contributed by atoms with Crippen LogP contribution in [-0.4, -0.2) is 150 Å². The van der Waals surface area contributed by atoms with Gasteiger partial charge >= 0.3 is 0 Å². The number of hydrogen-bond acceptors (Lipinski definition) is 15. The van der Waals surface area contributed by atoms with Crippen molar-refractivity contribution in [2.75, 3.05) is 46.5 Å². The fourth-order valence-corrected chi connectivity index (χ4v) is 6.10. The highest BCUT2D eigenvalue weighted by Crippen LogP contribution is 2.36. The van der Waals surface area contributed by atoms with Gasteiger partial charge in [0.2, 0.25) is 0 Å². The Bertz CT molecular complexity index is 822. The monoisotopic (exact) mass is 592 g/mol. The molecule has 0 amide bonds. The van der Waals surface area contributed by atoms with Gasteiger partial charge in [0.15, 0.2) is 6.29 Å². The Morgan fingerprint density at radius 2 is 1.88 bits per heavy atom. The van der Waals surface area contributed by atoms with Gasteiger partial charge in [-0.1, -0.05) is 0 Å². The maximum Gasteiger partial charge on any atom is 0.185 e. The summed E-state index contributed by atoms with van der Waals surface area (Å²) in [4.78, 5) is 0. The largest absolute Gasteiger partial charge is 0.492 e. The minimum Gasteiger partial charge on any atom is -0.492 e. The average Bonchev–Trinajstić information content (AvgIpc) is 2.92. The molecule has 2 unspecified atom stereocenters. The highest BCUT2D eigenvalue weighted by molar-refractivity contribution is 5.11. The van der Waals surface area contributed by atoms with Crippen LogP contribution >= 0.6 is 0 Å². The second-order valence-corrected chi connectivity index (χ2v) is 11.7. The zero-order valence-corrected chi connectivity index (χ0v) is 24.0. The molecule has 1 saturated carbocycles. The minimum atomic E-state index is -1.36. The highest BCUT2D eigenvalue weighted by atomic mass is 16.7. The second kappa shape index (κ2) is 15.6. The molecule has 0 aromatic heterocycles. The smallest absolute Gasteiger partial charge is 0.185 e. The summed E-state index contributed by atoms with van der Waals surface area (Å²) in [6.07, 6.45) is -2.88. The predicted octanol–water partition coefficient (Wildman–Crippen LogP) is -5.25. The van der Waals surface area contributed by atoms with Gasteiger partial charge in [-0.3, -0.25) is 0 Å². The lowest BCUT2D eigenvalue weighted by Gasteiger charge is -2.51. The van der Waals surface area contributed by atoms with Crippen molar-refractivity contribution in [2.45, 2.75) is 98.8 Å². The van der Waals surface area contributed by atoms with Crippen molar-refractivity contribution in [2.24, 2.45) is 23.1 Å². The molecule has 2 fully saturated rings. The zero-order chi connectivity index (χ0) is 30.3. The molecule has 240 valence electrons. The maximum atomic E-state index is 11.7. The van der Waals surface area contributed by atoms with Crippen molar-refractivity contribution in [1.82, 2.24) is 16.0 Å². The molecule has 0 aromatic carbocycles. The predicted molar refractivity (Wildman–Crippen MR) is 149 cm³/mol. The van der Waals surface area contributed by atoms with Crippen molar-refractivity contribution >= 4 is 0 Å². The van der Waals surface area contributed by atoms with Gasteiger partial charge in [0, 0.05) is 30.6 Å². The Balaban J connectivity index is 1.78. The van der Waals surface area contributed by atoms with E-state index in [9.17, 15) is 30.6 Å². The summed E-state index contributed by atoms with van der Waals surface area (Å²) >= 11 is 0. The summed E-state index contributed by atoms with van der Waals surface area (Å²) < 4.78 is 18.2. The fourth-order valence-electron chi connectivity index (χ4n) is 6.10. The lowest BCUT2D eigenvalue weighted by Crippen LogP contribution is -2.69. The highest BCUT2D eigenvalue weighted by Gasteiger charge is 2.53. The number of likely N-dealkylation sites (N-methyl/N-ethyl adjacent to an activating group) is 1.